The summed E-state index contributed by atoms with van der Waals surface area (Å²) in [4.78, 5) is 21.5. The number of nitrogens with one attached hydrogen (secondary N) is 1. The van der Waals surface area contributed by atoms with Gasteiger partial charge in [-0.05, 0) is 0 Å². The van der Waals surface area contributed by atoms with Crippen molar-refractivity contribution in [2.24, 2.45) is 0 Å². The van der Waals surface area contributed by atoms with Crippen LogP contribution in [0.4, 0.5) is 5.69 Å². The number of carbonyl (C=O) groups excluding carboxylic acids is 1. The molecule has 0 fully saturated rings. The van der Waals surface area contributed by atoms with Crippen molar-refractivity contribution in [3.63, 3.8) is 0 Å². The average Bonchev–Trinajstić information content (AvgIpc) is 2.80. The first-order chi connectivity index (χ1) is 9.08. The molecule has 0 spiro atoms. The van der Waals surface area contributed by atoms with Crippen LogP contribution >= 0.6 is 0 Å². The third-order valence-corrected chi connectivity index (χ3v) is 2.30. The lowest BCUT2D eigenvalue weighted by Gasteiger charge is -2.04. The lowest BCUT2D eigenvalue weighted by Crippen LogP contribution is -2.27. The first-order valence-electron chi connectivity index (χ1n) is 5.60. The van der Waals surface area contributed by atoms with Crippen molar-refractivity contribution in [2.45, 2.75) is 13.0 Å². The second-order valence-electron chi connectivity index (χ2n) is 3.64. The lowest BCUT2D eigenvalue weighted by molar-refractivity contribution is -0.385. The minimum absolute atomic E-state index is 0.0650. The lowest BCUT2D eigenvalue weighted by atomic mass is 10.4. The van der Waals surface area contributed by atoms with E-state index in [4.69, 9.17) is 9.47 Å². The summed E-state index contributed by atoms with van der Waals surface area (Å²) in [5.41, 5.74) is -0.220. The zero-order chi connectivity index (χ0) is 14.3. The van der Waals surface area contributed by atoms with Crippen LogP contribution < -0.4 is 10.1 Å². The van der Waals surface area contributed by atoms with E-state index in [-0.39, 0.29) is 30.4 Å². The van der Waals surface area contributed by atoms with Crippen LogP contribution in [0.25, 0.3) is 0 Å². The van der Waals surface area contributed by atoms with Crippen LogP contribution in [0.2, 0.25) is 0 Å². The molecule has 1 N–H and O–H groups in total. The number of hydrogen-bond acceptors (Lipinski definition) is 6. The molecule has 0 radical (unpaired) electrons. The van der Waals surface area contributed by atoms with E-state index in [0.29, 0.717) is 13.2 Å². The van der Waals surface area contributed by atoms with E-state index in [2.05, 4.69) is 10.4 Å². The van der Waals surface area contributed by atoms with Gasteiger partial charge in [0.15, 0.2) is 0 Å². The molecule has 0 unspecified atom stereocenters. The smallest absolute Gasteiger partial charge is 0.350 e. The molecule has 0 saturated carbocycles. The van der Waals surface area contributed by atoms with Crippen LogP contribution in [0.3, 0.4) is 0 Å². The number of nitrogens with zero attached hydrogens (tertiary/aromatic N) is 3. The Morgan fingerprint density at radius 2 is 2.32 bits per heavy atom. The predicted molar refractivity (Wildman–Crippen MR) is 64.9 cm³/mol. The summed E-state index contributed by atoms with van der Waals surface area (Å²) in [6.45, 7) is 1.10. The molecule has 0 aliphatic rings. The molecule has 1 rings (SSSR count). The maximum atomic E-state index is 11.4. The molecule has 0 aliphatic heterocycles. The number of methoxy groups -OCH3 is 2. The zero-order valence-corrected chi connectivity index (χ0v) is 10.8. The largest absolute Gasteiger partial charge is 0.475 e. The van der Waals surface area contributed by atoms with Crippen molar-refractivity contribution in [3.05, 3.63) is 16.3 Å². The van der Waals surface area contributed by atoms with Crippen LogP contribution in [0.5, 0.6) is 5.88 Å². The van der Waals surface area contributed by atoms with E-state index in [1.54, 1.807) is 7.11 Å². The van der Waals surface area contributed by atoms with Crippen molar-refractivity contribution in [1.82, 2.24) is 15.1 Å². The van der Waals surface area contributed by atoms with Gasteiger partial charge in [-0.25, -0.2) is 0 Å². The summed E-state index contributed by atoms with van der Waals surface area (Å²) in [5, 5.41) is 17.2. The quantitative estimate of drug-likeness (QED) is 0.404. The van der Waals surface area contributed by atoms with E-state index in [1.807, 2.05) is 0 Å². The van der Waals surface area contributed by atoms with Crippen molar-refractivity contribution >= 4 is 11.6 Å². The fourth-order valence-electron chi connectivity index (χ4n) is 1.38. The molecule has 0 aliphatic carbocycles. The Hall–Kier alpha value is -2.16. The summed E-state index contributed by atoms with van der Waals surface area (Å²) < 4.78 is 10.9. The van der Waals surface area contributed by atoms with E-state index in [1.165, 1.54) is 18.0 Å². The van der Waals surface area contributed by atoms with Gasteiger partial charge in [-0.3, -0.25) is 19.6 Å². The van der Waals surface area contributed by atoms with Gasteiger partial charge in [0.2, 0.25) is 5.91 Å². The van der Waals surface area contributed by atoms with Crippen LogP contribution in [-0.2, 0) is 16.1 Å². The molecule has 1 amide bonds. The normalized spacial score (nSPS) is 10.2. The van der Waals surface area contributed by atoms with Crippen molar-refractivity contribution in [2.75, 3.05) is 27.4 Å². The van der Waals surface area contributed by atoms with Crippen LogP contribution in [0.1, 0.15) is 6.42 Å². The molecule has 0 bridgehead atoms. The number of ether oxygens (including phenoxy) is 2. The fourth-order valence-corrected chi connectivity index (χ4v) is 1.38. The highest BCUT2D eigenvalue weighted by molar-refractivity contribution is 5.75. The monoisotopic (exact) mass is 272 g/mol. The SMILES string of the molecule is COCCNC(=O)CCn1cc([N+](=O)[O-])c(OC)n1. The van der Waals surface area contributed by atoms with Gasteiger partial charge in [0.25, 0.3) is 0 Å². The summed E-state index contributed by atoms with van der Waals surface area (Å²) in [6, 6.07) is 0. The van der Waals surface area contributed by atoms with Gasteiger partial charge in [0.1, 0.15) is 6.20 Å². The van der Waals surface area contributed by atoms with Gasteiger partial charge in [0, 0.05) is 20.1 Å². The third-order valence-electron chi connectivity index (χ3n) is 2.30. The first-order valence-corrected chi connectivity index (χ1v) is 5.60. The Morgan fingerprint density at radius 3 is 2.84 bits per heavy atom. The van der Waals surface area contributed by atoms with Gasteiger partial charge in [-0.1, -0.05) is 0 Å². The Kier molecular flexibility index (Phi) is 5.73. The molecule has 1 aromatic heterocycles. The third kappa shape index (κ3) is 4.54. The maximum Gasteiger partial charge on any atom is 0.350 e. The van der Waals surface area contributed by atoms with Gasteiger partial charge in [0.05, 0.1) is 25.2 Å². The molecule has 1 aromatic rings. The number of amides is 1. The molecule has 0 saturated heterocycles. The highest BCUT2D eigenvalue weighted by Crippen LogP contribution is 2.23. The number of carbonyl (C=O) groups is 1. The zero-order valence-electron chi connectivity index (χ0n) is 10.8. The summed E-state index contributed by atoms with van der Waals surface area (Å²) in [6.07, 6.45) is 1.41. The molecule has 9 heteroatoms. The van der Waals surface area contributed by atoms with Crippen molar-refractivity contribution in [1.29, 1.82) is 0 Å². The topological polar surface area (TPSA) is 109 Å². The Morgan fingerprint density at radius 1 is 1.58 bits per heavy atom. The molecular formula is C10H16N4O5. The Labute approximate surface area is 109 Å². The van der Waals surface area contributed by atoms with E-state index >= 15 is 0 Å². The average molecular weight is 272 g/mol. The molecule has 0 aromatic carbocycles. The number of aromatic nitrogens is 2. The van der Waals surface area contributed by atoms with Gasteiger partial charge >= 0.3 is 11.6 Å². The summed E-state index contributed by atoms with van der Waals surface area (Å²) in [5.74, 6) is -0.237. The molecule has 1 heterocycles. The van der Waals surface area contributed by atoms with Crippen molar-refractivity contribution < 1.29 is 19.2 Å². The van der Waals surface area contributed by atoms with E-state index in [9.17, 15) is 14.9 Å². The van der Waals surface area contributed by atoms with Gasteiger partial charge in [-0.2, -0.15) is 0 Å². The number of hydrogen-bond donors (Lipinski definition) is 1. The molecule has 0 atom stereocenters. The maximum absolute atomic E-state index is 11.4. The highest BCUT2D eigenvalue weighted by Gasteiger charge is 2.20. The standard InChI is InChI=1S/C10H16N4O5/c1-18-6-4-11-9(15)3-5-13-7-8(14(16)17)10(12-13)19-2/h7H,3-6H2,1-2H3,(H,11,15). The summed E-state index contributed by atoms with van der Waals surface area (Å²) in [7, 11) is 2.85. The summed E-state index contributed by atoms with van der Waals surface area (Å²) >= 11 is 0. The molecular weight excluding hydrogens is 256 g/mol. The van der Waals surface area contributed by atoms with E-state index in [0.717, 1.165) is 0 Å². The number of rotatable bonds is 8. The van der Waals surface area contributed by atoms with Crippen molar-refractivity contribution in [3.8, 4) is 5.88 Å². The number of nitro groups is 1. The Balaban J connectivity index is 2.49. The van der Waals surface area contributed by atoms with E-state index < -0.39 is 4.92 Å². The minimum Gasteiger partial charge on any atom is -0.475 e. The van der Waals surface area contributed by atoms with Gasteiger partial charge < -0.3 is 14.8 Å². The predicted octanol–water partition coefficient (Wildman–Crippen LogP) is -0.0474. The molecule has 19 heavy (non-hydrogen) atoms. The van der Waals surface area contributed by atoms with Crippen LogP contribution in [-0.4, -0.2) is 48.0 Å². The minimum atomic E-state index is -0.582. The Bertz CT molecular complexity index is 445. The fraction of sp³-hybridized carbons (Fsp3) is 0.600. The molecule has 106 valence electrons. The molecule has 9 nitrogen and oxygen atoms in total. The number of aryl methyl sites for hydroxylation is 1. The first kappa shape index (κ1) is 14.9. The van der Waals surface area contributed by atoms with Crippen LogP contribution in [0, 0.1) is 10.1 Å². The highest BCUT2D eigenvalue weighted by atomic mass is 16.6. The van der Waals surface area contributed by atoms with Crippen LogP contribution in [0.15, 0.2) is 6.20 Å². The second-order valence-corrected chi connectivity index (χ2v) is 3.64. The second kappa shape index (κ2) is 7.31. The van der Waals surface area contributed by atoms with Gasteiger partial charge in [-0.15, -0.1) is 5.10 Å².